The van der Waals surface area contributed by atoms with Crippen molar-refractivity contribution in [2.75, 3.05) is 13.1 Å². The molecule has 0 radical (unpaired) electrons. The van der Waals surface area contributed by atoms with Gasteiger partial charge in [-0.1, -0.05) is 13.0 Å². The van der Waals surface area contributed by atoms with Crippen LogP contribution in [0.5, 0.6) is 0 Å². The number of aliphatic hydroxyl groups is 1. The van der Waals surface area contributed by atoms with E-state index in [9.17, 15) is 9.90 Å². The van der Waals surface area contributed by atoms with Gasteiger partial charge >= 0.3 is 0 Å². The molecule has 1 saturated heterocycles. The van der Waals surface area contributed by atoms with Crippen molar-refractivity contribution in [3.8, 4) is 0 Å². The van der Waals surface area contributed by atoms with Crippen LogP contribution in [0.1, 0.15) is 18.2 Å². The van der Waals surface area contributed by atoms with Gasteiger partial charge in [0, 0.05) is 18.0 Å². The number of amides is 1. The predicted octanol–water partition coefficient (Wildman–Crippen LogP) is 1.52. The summed E-state index contributed by atoms with van der Waals surface area (Å²) in [6.45, 7) is 3.31. The fraction of sp³-hybridized carbons (Fsp3) is 0.583. The van der Waals surface area contributed by atoms with Crippen LogP contribution in [0.15, 0.2) is 17.5 Å². The normalized spacial score (nSPS) is 25.8. The number of β-amino-alcohol motifs (C(OH)–C–C–N with tert-alkyl or cyclic N) is 1. The first kappa shape index (κ1) is 11.6. The molecule has 16 heavy (non-hydrogen) atoms. The molecule has 0 saturated carbocycles. The van der Waals surface area contributed by atoms with E-state index in [0.717, 1.165) is 17.8 Å². The minimum atomic E-state index is -0.360. The van der Waals surface area contributed by atoms with E-state index >= 15 is 0 Å². The number of hydrogen-bond donors (Lipinski definition) is 1. The van der Waals surface area contributed by atoms with Crippen LogP contribution >= 0.6 is 11.3 Å². The number of rotatable bonds is 2. The number of carbonyl (C=O) groups excluding carboxylic acids is 1. The van der Waals surface area contributed by atoms with Crippen molar-refractivity contribution >= 4 is 17.2 Å². The summed E-state index contributed by atoms with van der Waals surface area (Å²) in [6.07, 6.45) is 1.01. The summed E-state index contributed by atoms with van der Waals surface area (Å²) in [7, 11) is 0. The second kappa shape index (κ2) is 4.97. The van der Waals surface area contributed by atoms with Gasteiger partial charge in [0.2, 0.25) is 5.91 Å². The molecule has 1 fully saturated rings. The third-order valence-electron chi connectivity index (χ3n) is 3.18. The number of nitrogens with zero attached hydrogens (tertiary/aromatic N) is 1. The molecule has 1 N–H and O–H groups in total. The van der Waals surface area contributed by atoms with E-state index in [4.69, 9.17) is 0 Å². The van der Waals surface area contributed by atoms with Crippen LogP contribution in [-0.2, 0) is 11.2 Å². The number of thiophene rings is 1. The second-order valence-electron chi connectivity index (χ2n) is 4.43. The molecule has 0 aromatic carbocycles. The van der Waals surface area contributed by atoms with Gasteiger partial charge in [0.1, 0.15) is 0 Å². The molecular weight excluding hydrogens is 222 g/mol. The van der Waals surface area contributed by atoms with Gasteiger partial charge in [-0.05, 0) is 23.8 Å². The average Bonchev–Trinajstić information content (AvgIpc) is 2.74. The number of carbonyl (C=O) groups is 1. The minimum absolute atomic E-state index is 0.133. The van der Waals surface area contributed by atoms with Gasteiger partial charge in [0.15, 0.2) is 0 Å². The summed E-state index contributed by atoms with van der Waals surface area (Å²) in [6, 6.07) is 3.94. The SMILES string of the molecule is CC1CCN(C(=O)Cc2cccs2)CC1O. The Morgan fingerprint density at radius 3 is 3.12 bits per heavy atom. The Labute approximate surface area is 99.7 Å². The standard InChI is InChI=1S/C12H17NO2S/c1-9-4-5-13(8-11(9)14)12(15)7-10-3-2-6-16-10/h2-3,6,9,11,14H,4-5,7-8H2,1H3. The highest BCUT2D eigenvalue weighted by atomic mass is 32.1. The Morgan fingerprint density at radius 1 is 1.69 bits per heavy atom. The zero-order valence-corrected chi connectivity index (χ0v) is 10.2. The molecule has 1 aliphatic heterocycles. The second-order valence-corrected chi connectivity index (χ2v) is 5.46. The van der Waals surface area contributed by atoms with Crippen molar-refractivity contribution < 1.29 is 9.90 Å². The number of likely N-dealkylation sites (tertiary alicyclic amines) is 1. The molecule has 0 aliphatic carbocycles. The van der Waals surface area contributed by atoms with E-state index in [1.54, 1.807) is 16.2 Å². The third-order valence-corrected chi connectivity index (χ3v) is 4.05. The lowest BCUT2D eigenvalue weighted by Crippen LogP contribution is -2.46. The highest BCUT2D eigenvalue weighted by molar-refractivity contribution is 7.10. The molecule has 3 nitrogen and oxygen atoms in total. The van der Waals surface area contributed by atoms with Crippen LogP contribution in [0.3, 0.4) is 0 Å². The number of hydrogen-bond acceptors (Lipinski definition) is 3. The number of piperidine rings is 1. The molecule has 2 unspecified atom stereocenters. The lowest BCUT2D eigenvalue weighted by Gasteiger charge is -2.34. The van der Waals surface area contributed by atoms with Crippen LogP contribution in [0.2, 0.25) is 0 Å². The van der Waals surface area contributed by atoms with E-state index in [0.29, 0.717) is 18.9 Å². The summed E-state index contributed by atoms with van der Waals surface area (Å²) in [5.74, 6) is 0.444. The summed E-state index contributed by atoms with van der Waals surface area (Å²) in [5.41, 5.74) is 0. The molecule has 1 aromatic rings. The largest absolute Gasteiger partial charge is 0.391 e. The first-order valence-corrected chi connectivity index (χ1v) is 6.53. The zero-order valence-electron chi connectivity index (χ0n) is 9.43. The smallest absolute Gasteiger partial charge is 0.227 e. The minimum Gasteiger partial charge on any atom is -0.391 e. The highest BCUT2D eigenvalue weighted by Gasteiger charge is 2.27. The van der Waals surface area contributed by atoms with Crippen LogP contribution < -0.4 is 0 Å². The zero-order chi connectivity index (χ0) is 11.5. The van der Waals surface area contributed by atoms with Crippen LogP contribution in [0.4, 0.5) is 0 Å². The van der Waals surface area contributed by atoms with Gasteiger partial charge in [-0.15, -0.1) is 11.3 Å². The van der Waals surface area contributed by atoms with Crippen molar-refractivity contribution in [3.05, 3.63) is 22.4 Å². The summed E-state index contributed by atoms with van der Waals surface area (Å²) < 4.78 is 0. The highest BCUT2D eigenvalue weighted by Crippen LogP contribution is 2.18. The van der Waals surface area contributed by atoms with Crippen molar-refractivity contribution in [1.82, 2.24) is 4.90 Å². The Morgan fingerprint density at radius 2 is 2.50 bits per heavy atom. The molecular formula is C12H17NO2S. The predicted molar refractivity (Wildman–Crippen MR) is 64.4 cm³/mol. The van der Waals surface area contributed by atoms with Crippen LogP contribution in [0, 0.1) is 5.92 Å². The van der Waals surface area contributed by atoms with E-state index < -0.39 is 0 Å². The van der Waals surface area contributed by atoms with E-state index in [-0.39, 0.29) is 12.0 Å². The lowest BCUT2D eigenvalue weighted by atomic mass is 9.96. The quantitative estimate of drug-likeness (QED) is 0.850. The lowest BCUT2D eigenvalue weighted by molar-refractivity contribution is -0.134. The maximum absolute atomic E-state index is 11.9. The Hall–Kier alpha value is -0.870. The molecule has 2 rings (SSSR count). The van der Waals surface area contributed by atoms with Gasteiger partial charge in [0.25, 0.3) is 0 Å². The first-order valence-electron chi connectivity index (χ1n) is 5.65. The van der Waals surface area contributed by atoms with Crippen molar-refractivity contribution in [2.24, 2.45) is 5.92 Å². The molecule has 88 valence electrons. The fourth-order valence-corrected chi connectivity index (χ4v) is 2.65. The maximum Gasteiger partial charge on any atom is 0.227 e. The van der Waals surface area contributed by atoms with Crippen molar-refractivity contribution in [1.29, 1.82) is 0 Å². The van der Waals surface area contributed by atoms with E-state index in [1.165, 1.54) is 0 Å². The first-order chi connectivity index (χ1) is 7.66. The van der Waals surface area contributed by atoms with Gasteiger partial charge in [-0.25, -0.2) is 0 Å². The van der Waals surface area contributed by atoms with Crippen LogP contribution in [0.25, 0.3) is 0 Å². The molecule has 1 aromatic heterocycles. The fourth-order valence-electron chi connectivity index (χ4n) is 1.95. The third kappa shape index (κ3) is 2.62. The number of aliphatic hydroxyl groups excluding tert-OH is 1. The van der Waals surface area contributed by atoms with Crippen molar-refractivity contribution in [2.45, 2.75) is 25.9 Å². The summed E-state index contributed by atoms with van der Waals surface area (Å²) in [4.78, 5) is 14.8. The molecule has 2 atom stereocenters. The summed E-state index contributed by atoms with van der Waals surface area (Å²) in [5, 5.41) is 11.7. The van der Waals surface area contributed by atoms with Gasteiger partial charge < -0.3 is 10.0 Å². The monoisotopic (exact) mass is 239 g/mol. The van der Waals surface area contributed by atoms with E-state index in [1.807, 2.05) is 24.4 Å². The Bertz CT molecular complexity index is 350. The average molecular weight is 239 g/mol. The molecule has 0 bridgehead atoms. The molecule has 1 aliphatic rings. The maximum atomic E-state index is 11.9. The Kier molecular flexibility index (Phi) is 3.61. The molecule has 1 amide bonds. The van der Waals surface area contributed by atoms with E-state index in [2.05, 4.69) is 0 Å². The summed E-state index contributed by atoms with van der Waals surface area (Å²) >= 11 is 1.61. The topological polar surface area (TPSA) is 40.5 Å². The Balaban J connectivity index is 1.90. The van der Waals surface area contributed by atoms with Crippen molar-refractivity contribution in [3.63, 3.8) is 0 Å². The molecule has 2 heterocycles. The molecule has 0 spiro atoms. The van der Waals surface area contributed by atoms with Crippen LogP contribution in [-0.4, -0.2) is 35.1 Å². The molecule has 4 heteroatoms. The van der Waals surface area contributed by atoms with Gasteiger partial charge in [0.05, 0.1) is 12.5 Å². The van der Waals surface area contributed by atoms with Gasteiger partial charge in [-0.3, -0.25) is 4.79 Å². The van der Waals surface area contributed by atoms with Gasteiger partial charge in [-0.2, -0.15) is 0 Å².